The summed E-state index contributed by atoms with van der Waals surface area (Å²) < 4.78 is 0. The molecule has 1 fully saturated rings. The Bertz CT molecular complexity index is 145. The Morgan fingerprint density at radius 1 is 1.67 bits per heavy atom. The zero-order valence-electron chi connectivity index (χ0n) is 5.52. The summed E-state index contributed by atoms with van der Waals surface area (Å²) in [5, 5.41) is 0. The number of hydrogen-bond acceptors (Lipinski definition) is 2. The Morgan fingerprint density at radius 3 is 2.33 bits per heavy atom. The van der Waals surface area contributed by atoms with Crippen molar-refractivity contribution >= 4 is 12.1 Å². The second-order valence-electron chi connectivity index (χ2n) is 2.71. The molecular weight excluding hydrogens is 116 g/mol. The van der Waals surface area contributed by atoms with E-state index in [1.807, 2.05) is 0 Å². The third-order valence-electron chi connectivity index (χ3n) is 2.07. The molecule has 9 heavy (non-hydrogen) atoms. The van der Waals surface area contributed by atoms with Gasteiger partial charge in [0, 0.05) is 11.8 Å². The summed E-state index contributed by atoms with van der Waals surface area (Å²) in [6, 6.07) is 0. The van der Waals surface area contributed by atoms with E-state index in [0.29, 0.717) is 6.42 Å². The lowest BCUT2D eigenvalue weighted by Gasteiger charge is -2.02. The lowest BCUT2D eigenvalue weighted by molar-refractivity contribution is -0.124. The number of Topliss-reactive ketones (excluding diaryl/α,β-unsaturated/α-hetero) is 1. The molecule has 0 heterocycles. The molecule has 0 spiro atoms. The Labute approximate surface area is 54.2 Å². The van der Waals surface area contributed by atoms with Crippen molar-refractivity contribution in [2.75, 3.05) is 0 Å². The van der Waals surface area contributed by atoms with Gasteiger partial charge in [-0.3, -0.25) is 4.79 Å². The molecule has 0 aromatic heterocycles. The van der Waals surface area contributed by atoms with Crippen LogP contribution in [0, 0.1) is 5.41 Å². The number of rotatable bonds is 3. The maximum atomic E-state index is 10.8. The van der Waals surface area contributed by atoms with E-state index < -0.39 is 0 Å². The summed E-state index contributed by atoms with van der Waals surface area (Å²) in [5.41, 5.74) is -0.207. The van der Waals surface area contributed by atoms with Crippen molar-refractivity contribution in [3.63, 3.8) is 0 Å². The molecule has 0 unspecified atom stereocenters. The van der Waals surface area contributed by atoms with Crippen molar-refractivity contribution < 1.29 is 9.59 Å². The number of carbonyl (C=O) groups excluding carboxylic acids is 2. The molecule has 0 aromatic carbocycles. The molecule has 1 aliphatic rings. The minimum atomic E-state index is -0.207. The second-order valence-corrected chi connectivity index (χ2v) is 2.71. The average molecular weight is 126 g/mol. The minimum Gasteiger partial charge on any atom is -0.303 e. The largest absolute Gasteiger partial charge is 0.303 e. The smallest absolute Gasteiger partial charge is 0.136 e. The summed E-state index contributed by atoms with van der Waals surface area (Å²) in [4.78, 5) is 20.8. The van der Waals surface area contributed by atoms with Crippen molar-refractivity contribution in [2.45, 2.75) is 26.2 Å². The molecular formula is C7H10O2. The first-order valence-corrected chi connectivity index (χ1v) is 3.16. The summed E-state index contributed by atoms with van der Waals surface area (Å²) in [5.74, 6) is 0.176. The molecule has 0 radical (unpaired) electrons. The lowest BCUT2D eigenvalue weighted by Crippen LogP contribution is -2.11. The van der Waals surface area contributed by atoms with E-state index in [1.54, 1.807) is 6.92 Å². The zero-order valence-corrected chi connectivity index (χ0v) is 5.52. The summed E-state index contributed by atoms with van der Waals surface area (Å²) in [7, 11) is 0. The first kappa shape index (κ1) is 6.46. The predicted octanol–water partition coefficient (Wildman–Crippen LogP) is 0.945. The van der Waals surface area contributed by atoms with E-state index >= 15 is 0 Å². The topological polar surface area (TPSA) is 34.1 Å². The molecule has 1 aliphatic carbocycles. The van der Waals surface area contributed by atoms with Gasteiger partial charge in [-0.15, -0.1) is 0 Å². The van der Waals surface area contributed by atoms with Crippen molar-refractivity contribution in [3.05, 3.63) is 0 Å². The molecule has 0 aliphatic heterocycles. The number of hydrogen-bond donors (Lipinski definition) is 0. The normalized spacial score (nSPS) is 21.0. The monoisotopic (exact) mass is 126 g/mol. The zero-order chi connectivity index (χ0) is 6.91. The number of carbonyl (C=O) groups is 2. The quantitative estimate of drug-likeness (QED) is 0.527. The van der Waals surface area contributed by atoms with Gasteiger partial charge < -0.3 is 4.79 Å². The van der Waals surface area contributed by atoms with Crippen LogP contribution >= 0.6 is 0 Å². The lowest BCUT2D eigenvalue weighted by atomic mass is 9.99. The maximum Gasteiger partial charge on any atom is 0.136 e. The second kappa shape index (κ2) is 1.94. The summed E-state index contributed by atoms with van der Waals surface area (Å²) >= 11 is 0. The van der Waals surface area contributed by atoms with Crippen LogP contribution in [0.15, 0.2) is 0 Å². The summed E-state index contributed by atoms with van der Waals surface area (Å²) in [6.07, 6.45) is 3.11. The molecule has 0 saturated heterocycles. The van der Waals surface area contributed by atoms with Crippen molar-refractivity contribution in [1.29, 1.82) is 0 Å². The van der Waals surface area contributed by atoms with Gasteiger partial charge in [0.2, 0.25) is 0 Å². The van der Waals surface area contributed by atoms with Gasteiger partial charge in [0.25, 0.3) is 0 Å². The van der Waals surface area contributed by atoms with Crippen molar-refractivity contribution in [3.8, 4) is 0 Å². The third kappa shape index (κ3) is 1.02. The fourth-order valence-corrected chi connectivity index (χ4v) is 1.01. The Kier molecular flexibility index (Phi) is 1.39. The molecule has 0 bridgehead atoms. The van der Waals surface area contributed by atoms with Gasteiger partial charge in [0.15, 0.2) is 0 Å². The van der Waals surface area contributed by atoms with E-state index in [2.05, 4.69) is 0 Å². The van der Waals surface area contributed by atoms with Crippen LogP contribution in [0.5, 0.6) is 0 Å². The summed E-state index contributed by atoms with van der Waals surface area (Å²) in [6.45, 7) is 1.57. The van der Waals surface area contributed by atoms with Gasteiger partial charge in [0.05, 0.1) is 0 Å². The van der Waals surface area contributed by atoms with Crippen LogP contribution < -0.4 is 0 Å². The fraction of sp³-hybridized carbons (Fsp3) is 0.714. The van der Waals surface area contributed by atoms with Crippen LogP contribution in [0.4, 0.5) is 0 Å². The van der Waals surface area contributed by atoms with Gasteiger partial charge in [-0.25, -0.2) is 0 Å². The highest BCUT2D eigenvalue weighted by atomic mass is 16.1. The van der Waals surface area contributed by atoms with E-state index in [-0.39, 0.29) is 11.2 Å². The van der Waals surface area contributed by atoms with Gasteiger partial charge >= 0.3 is 0 Å². The van der Waals surface area contributed by atoms with Crippen LogP contribution in [0.2, 0.25) is 0 Å². The predicted molar refractivity (Wildman–Crippen MR) is 33.0 cm³/mol. The molecule has 0 atom stereocenters. The Morgan fingerprint density at radius 2 is 2.22 bits per heavy atom. The Balaban J connectivity index is 2.52. The van der Waals surface area contributed by atoms with Crippen molar-refractivity contribution in [1.82, 2.24) is 0 Å². The molecule has 0 amide bonds. The SMILES string of the molecule is CC(=O)C1(CC=O)CC1. The van der Waals surface area contributed by atoms with Gasteiger partial charge in [-0.05, 0) is 19.8 Å². The van der Waals surface area contributed by atoms with Crippen molar-refractivity contribution in [2.24, 2.45) is 5.41 Å². The minimum absolute atomic E-state index is 0.176. The standard InChI is InChI=1S/C7H10O2/c1-6(9)7(2-3-7)4-5-8/h5H,2-4H2,1H3. The highest BCUT2D eigenvalue weighted by molar-refractivity contribution is 5.87. The first-order chi connectivity index (χ1) is 4.21. The number of ketones is 1. The molecule has 0 aromatic rings. The highest BCUT2D eigenvalue weighted by Gasteiger charge is 2.46. The maximum absolute atomic E-state index is 10.8. The van der Waals surface area contributed by atoms with Crippen LogP contribution in [0.3, 0.4) is 0 Å². The highest BCUT2D eigenvalue weighted by Crippen LogP contribution is 2.48. The molecule has 2 heteroatoms. The third-order valence-corrected chi connectivity index (χ3v) is 2.07. The van der Waals surface area contributed by atoms with Crippen LogP contribution in [-0.4, -0.2) is 12.1 Å². The average Bonchev–Trinajstić information content (AvgIpc) is 2.49. The van der Waals surface area contributed by atoms with Gasteiger partial charge in [-0.1, -0.05) is 0 Å². The van der Waals surface area contributed by atoms with Crippen LogP contribution in [-0.2, 0) is 9.59 Å². The molecule has 0 N–H and O–H groups in total. The van der Waals surface area contributed by atoms with E-state index in [9.17, 15) is 9.59 Å². The molecule has 1 saturated carbocycles. The number of aldehydes is 1. The fourth-order valence-electron chi connectivity index (χ4n) is 1.01. The van der Waals surface area contributed by atoms with E-state index in [4.69, 9.17) is 0 Å². The van der Waals surface area contributed by atoms with Gasteiger partial charge in [-0.2, -0.15) is 0 Å². The molecule has 1 rings (SSSR count). The van der Waals surface area contributed by atoms with Gasteiger partial charge in [0.1, 0.15) is 12.1 Å². The van der Waals surface area contributed by atoms with E-state index in [0.717, 1.165) is 19.1 Å². The van der Waals surface area contributed by atoms with Crippen LogP contribution in [0.25, 0.3) is 0 Å². The Hall–Kier alpha value is -0.660. The molecule has 2 nitrogen and oxygen atoms in total. The first-order valence-electron chi connectivity index (χ1n) is 3.16. The molecule has 50 valence electrons. The van der Waals surface area contributed by atoms with E-state index in [1.165, 1.54) is 0 Å². The van der Waals surface area contributed by atoms with Crippen LogP contribution in [0.1, 0.15) is 26.2 Å².